The van der Waals surface area contributed by atoms with Gasteiger partial charge in [0.2, 0.25) is 0 Å². The molecule has 2 rings (SSSR count). The Hall–Kier alpha value is -1.51. The van der Waals surface area contributed by atoms with E-state index in [9.17, 15) is 4.79 Å². The minimum absolute atomic E-state index is 0.0167. The summed E-state index contributed by atoms with van der Waals surface area (Å²) in [6.07, 6.45) is 1.61. The Morgan fingerprint density at radius 1 is 1.03 bits per heavy atom. The Morgan fingerprint density at radius 3 is 2.25 bits per heavy atom. The standard InChI is InChI=1S/C25H40O7/c1-23(2,18-30-19-24(3,4)17-29-15-22(26)27)16-28-13-9-12-25(5)31-14-21(32-25)20-10-7-6-8-11-20/h6-8,10-11,21H,9,12-19H2,1-5H3,(H,26,27). The van der Waals surface area contributed by atoms with Crippen molar-refractivity contribution in [3.8, 4) is 0 Å². The van der Waals surface area contributed by atoms with Crippen molar-refractivity contribution >= 4 is 5.97 Å². The maximum absolute atomic E-state index is 10.6. The Bertz CT molecular complexity index is 689. The third kappa shape index (κ3) is 9.96. The van der Waals surface area contributed by atoms with E-state index in [1.165, 1.54) is 0 Å². The molecule has 32 heavy (non-hydrogen) atoms. The summed E-state index contributed by atoms with van der Waals surface area (Å²) >= 11 is 0. The monoisotopic (exact) mass is 452 g/mol. The van der Waals surface area contributed by atoms with Gasteiger partial charge in [-0.05, 0) is 18.9 Å². The van der Waals surface area contributed by atoms with Crippen LogP contribution in [0.3, 0.4) is 0 Å². The highest BCUT2D eigenvalue weighted by Gasteiger charge is 2.37. The van der Waals surface area contributed by atoms with Crippen molar-refractivity contribution in [3.63, 3.8) is 0 Å². The molecule has 7 heteroatoms. The fraction of sp³-hybridized carbons (Fsp3) is 0.720. The average molecular weight is 453 g/mol. The molecule has 1 aromatic carbocycles. The van der Waals surface area contributed by atoms with Gasteiger partial charge in [0.25, 0.3) is 0 Å². The van der Waals surface area contributed by atoms with E-state index in [-0.39, 0.29) is 23.5 Å². The number of aliphatic carboxylic acids is 1. The quantitative estimate of drug-likeness (QED) is 0.393. The molecule has 2 unspecified atom stereocenters. The van der Waals surface area contributed by atoms with Gasteiger partial charge in [-0.25, -0.2) is 4.79 Å². The molecule has 1 saturated heterocycles. The predicted molar refractivity (Wildman–Crippen MR) is 122 cm³/mol. The summed E-state index contributed by atoms with van der Waals surface area (Å²) in [5.41, 5.74) is 0.771. The van der Waals surface area contributed by atoms with Crippen LogP contribution in [0, 0.1) is 10.8 Å². The lowest BCUT2D eigenvalue weighted by molar-refractivity contribution is -0.162. The van der Waals surface area contributed by atoms with Gasteiger partial charge in [-0.1, -0.05) is 58.0 Å². The van der Waals surface area contributed by atoms with Crippen LogP contribution in [-0.4, -0.2) is 63.1 Å². The highest BCUT2D eigenvalue weighted by Crippen LogP contribution is 2.36. The van der Waals surface area contributed by atoms with Gasteiger partial charge in [0.1, 0.15) is 12.7 Å². The molecule has 0 aliphatic carbocycles. The second kappa shape index (κ2) is 12.1. The van der Waals surface area contributed by atoms with Gasteiger partial charge < -0.3 is 28.8 Å². The number of hydrogen-bond donors (Lipinski definition) is 1. The Kier molecular flexibility index (Phi) is 10.1. The molecule has 1 aliphatic rings. The molecule has 0 bridgehead atoms. The van der Waals surface area contributed by atoms with Crippen molar-refractivity contribution in [2.75, 3.05) is 46.2 Å². The van der Waals surface area contributed by atoms with Crippen LogP contribution in [0.25, 0.3) is 0 Å². The third-order valence-electron chi connectivity index (χ3n) is 5.22. The normalized spacial score (nSPS) is 21.7. The second-order valence-corrected chi connectivity index (χ2v) is 10.3. The van der Waals surface area contributed by atoms with Crippen LogP contribution in [-0.2, 0) is 28.5 Å². The van der Waals surface area contributed by atoms with Gasteiger partial charge >= 0.3 is 5.97 Å². The van der Waals surface area contributed by atoms with Crippen molar-refractivity contribution in [3.05, 3.63) is 35.9 Å². The Labute approximate surface area is 192 Å². The van der Waals surface area contributed by atoms with Crippen LogP contribution in [0.2, 0.25) is 0 Å². The van der Waals surface area contributed by atoms with Crippen molar-refractivity contribution in [1.82, 2.24) is 0 Å². The fourth-order valence-electron chi connectivity index (χ4n) is 3.53. The molecule has 1 fully saturated rings. The van der Waals surface area contributed by atoms with Gasteiger partial charge in [0, 0.05) is 23.9 Å². The first kappa shape index (κ1) is 26.7. The molecular weight excluding hydrogens is 412 g/mol. The van der Waals surface area contributed by atoms with Crippen LogP contribution < -0.4 is 0 Å². The van der Waals surface area contributed by atoms with E-state index in [1.807, 2.05) is 39.0 Å². The maximum Gasteiger partial charge on any atom is 0.329 e. The van der Waals surface area contributed by atoms with E-state index < -0.39 is 11.8 Å². The Balaban J connectivity index is 1.59. The van der Waals surface area contributed by atoms with Crippen LogP contribution in [0.15, 0.2) is 30.3 Å². The molecule has 1 heterocycles. The van der Waals surface area contributed by atoms with E-state index in [4.69, 9.17) is 28.8 Å². The van der Waals surface area contributed by atoms with Gasteiger partial charge in [0.15, 0.2) is 5.79 Å². The van der Waals surface area contributed by atoms with Crippen molar-refractivity contribution in [2.24, 2.45) is 10.8 Å². The first-order chi connectivity index (χ1) is 15.0. The highest BCUT2D eigenvalue weighted by molar-refractivity contribution is 5.67. The molecule has 1 aliphatic heterocycles. The number of ether oxygens (including phenoxy) is 5. The molecule has 182 valence electrons. The molecule has 0 radical (unpaired) electrons. The number of hydrogen-bond acceptors (Lipinski definition) is 6. The molecule has 1 aromatic rings. The summed E-state index contributed by atoms with van der Waals surface area (Å²) in [5.74, 6) is -1.53. The van der Waals surface area contributed by atoms with E-state index in [0.717, 1.165) is 18.4 Å². The largest absolute Gasteiger partial charge is 0.480 e. The lowest BCUT2D eigenvalue weighted by Crippen LogP contribution is -2.32. The molecule has 0 spiro atoms. The third-order valence-corrected chi connectivity index (χ3v) is 5.22. The number of benzene rings is 1. The average Bonchev–Trinajstić information content (AvgIpc) is 3.10. The molecule has 7 nitrogen and oxygen atoms in total. The van der Waals surface area contributed by atoms with Gasteiger partial charge in [0.05, 0.1) is 33.0 Å². The number of carboxylic acids is 1. The van der Waals surface area contributed by atoms with Gasteiger partial charge in [-0.15, -0.1) is 0 Å². The molecule has 0 saturated carbocycles. The van der Waals surface area contributed by atoms with Gasteiger partial charge in [-0.2, -0.15) is 0 Å². The van der Waals surface area contributed by atoms with Crippen LogP contribution in [0.1, 0.15) is 59.1 Å². The van der Waals surface area contributed by atoms with E-state index >= 15 is 0 Å². The maximum atomic E-state index is 10.6. The first-order valence-electron chi connectivity index (χ1n) is 11.3. The smallest absolute Gasteiger partial charge is 0.329 e. The van der Waals surface area contributed by atoms with Crippen molar-refractivity contribution < 1.29 is 33.6 Å². The summed E-state index contributed by atoms with van der Waals surface area (Å²) in [5, 5.41) is 8.66. The molecule has 0 aromatic heterocycles. The SMILES string of the molecule is CC(C)(COCCCC1(C)OCC(c2ccccc2)O1)COCC(C)(C)COCC(=O)O. The molecule has 2 atom stereocenters. The van der Waals surface area contributed by atoms with E-state index in [2.05, 4.69) is 26.0 Å². The van der Waals surface area contributed by atoms with E-state index in [0.29, 0.717) is 39.6 Å². The zero-order valence-electron chi connectivity index (χ0n) is 20.2. The highest BCUT2D eigenvalue weighted by atomic mass is 16.7. The Morgan fingerprint density at radius 2 is 1.62 bits per heavy atom. The lowest BCUT2D eigenvalue weighted by Gasteiger charge is -2.29. The number of carbonyl (C=O) groups is 1. The zero-order chi connectivity index (χ0) is 23.7. The number of rotatable bonds is 15. The van der Waals surface area contributed by atoms with Crippen LogP contribution in [0.5, 0.6) is 0 Å². The summed E-state index contributed by atoms with van der Waals surface area (Å²) < 4.78 is 29.1. The summed E-state index contributed by atoms with van der Waals surface area (Å²) in [6, 6.07) is 10.2. The summed E-state index contributed by atoms with van der Waals surface area (Å²) in [7, 11) is 0. The topological polar surface area (TPSA) is 83.5 Å². The first-order valence-corrected chi connectivity index (χ1v) is 11.3. The van der Waals surface area contributed by atoms with Crippen LogP contribution in [0.4, 0.5) is 0 Å². The predicted octanol–water partition coefficient (Wildman–Crippen LogP) is 4.46. The van der Waals surface area contributed by atoms with Crippen molar-refractivity contribution in [1.29, 1.82) is 0 Å². The minimum atomic E-state index is -0.962. The number of carboxylic acid groups (broad SMARTS) is 1. The summed E-state index contributed by atoms with van der Waals surface area (Å²) in [6.45, 7) is 13.1. The lowest BCUT2D eigenvalue weighted by atomic mass is 9.94. The molecule has 0 amide bonds. The molecular formula is C25H40O7. The molecule has 1 N–H and O–H groups in total. The van der Waals surface area contributed by atoms with E-state index in [1.54, 1.807) is 0 Å². The minimum Gasteiger partial charge on any atom is -0.480 e. The zero-order valence-corrected chi connectivity index (χ0v) is 20.2. The van der Waals surface area contributed by atoms with Crippen molar-refractivity contribution in [2.45, 2.75) is 59.4 Å². The van der Waals surface area contributed by atoms with Gasteiger partial charge in [-0.3, -0.25) is 0 Å². The summed E-state index contributed by atoms with van der Waals surface area (Å²) in [4.78, 5) is 10.6. The van der Waals surface area contributed by atoms with Crippen LogP contribution >= 0.6 is 0 Å². The second-order valence-electron chi connectivity index (χ2n) is 10.3. The fourth-order valence-corrected chi connectivity index (χ4v) is 3.53.